The van der Waals surface area contributed by atoms with Gasteiger partial charge in [0.2, 0.25) is 5.91 Å². The summed E-state index contributed by atoms with van der Waals surface area (Å²) in [5.74, 6) is 0.889. The van der Waals surface area contributed by atoms with E-state index < -0.39 is 0 Å². The van der Waals surface area contributed by atoms with Gasteiger partial charge < -0.3 is 10.2 Å². The lowest BCUT2D eigenvalue weighted by atomic mass is 10.1. The molecule has 1 aliphatic rings. The van der Waals surface area contributed by atoms with Crippen molar-refractivity contribution < 1.29 is 4.79 Å². The van der Waals surface area contributed by atoms with Crippen molar-refractivity contribution in [2.45, 2.75) is 26.3 Å². The largest absolute Gasteiger partial charge is 0.339 e. The Balaban J connectivity index is 2.47. The highest BCUT2D eigenvalue weighted by atomic mass is 16.2. The molecule has 1 N–H and O–H groups in total. The lowest BCUT2D eigenvalue weighted by molar-refractivity contribution is -0.130. The highest BCUT2D eigenvalue weighted by Gasteiger charge is 2.29. The molecular weight excluding hydrogens is 152 g/mol. The van der Waals surface area contributed by atoms with E-state index in [0.717, 1.165) is 13.0 Å². The number of carbonyl (C=O) groups is 1. The zero-order chi connectivity index (χ0) is 9.14. The third-order valence-corrected chi connectivity index (χ3v) is 2.79. The van der Waals surface area contributed by atoms with Crippen LogP contribution in [0.5, 0.6) is 0 Å². The highest BCUT2D eigenvalue weighted by Crippen LogP contribution is 2.22. The van der Waals surface area contributed by atoms with Gasteiger partial charge >= 0.3 is 0 Å². The van der Waals surface area contributed by atoms with Crippen LogP contribution in [0.4, 0.5) is 0 Å². The van der Waals surface area contributed by atoms with E-state index in [1.165, 1.54) is 0 Å². The van der Waals surface area contributed by atoms with Crippen molar-refractivity contribution in [1.82, 2.24) is 10.2 Å². The number of likely N-dealkylation sites (tertiary alicyclic amines) is 1. The molecule has 0 saturated carbocycles. The Morgan fingerprint density at radius 3 is 2.67 bits per heavy atom. The van der Waals surface area contributed by atoms with Gasteiger partial charge in [0.1, 0.15) is 0 Å². The van der Waals surface area contributed by atoms with Crippen LogP contribution in [0.25, 0.3) is 0 Å². The van der Waals surface area contributed by atoms with Crippen LogP contribution in [0, 0.1) is 5.92 Å². The molecule has 0 aromatic rings. The average Bonchev–Trinajstić information content (AvgIpc) is 2.34. The number of hydrogen-bond donors (Lipinski definition) is 1. The van der Waals surface area contributed by atoms with E-state index in [-0.39, 0.29) is 5.91 Å². The van der Waals surface area contributed by atoms with Crippen molar-refractivity contribution in [2.24, 2.45) is 5.92 Å². The molecular formula is C9H18N2O. The Morgan fingerprint density at radius 2 is 2.25 bits per heavy atom. The van der Waals surface area contributed by atoms with Crippen LogP contribution in [-0.2, 0) is 4.79 Å². The predicted molar refractivity (Wildman–Crippen MR) is 48.9 cm³/mol. The first-order valence-corrected chi connectivity index (χ1v) is 4.61. The molecule has 12 heavy (non-hydrogen) atoms. The van der Waals surface area contributed by atoms with E-state index in [0.29, 0.717) is 18.5 Å². The summed E-state index contributed by atoms with van der Waals surface area (Å²) in [7, 11) is 1.81. The van der Waals surface area contributed by atoms with Gasteiger partial charge in [-0.15, -0.1) is 0 Å². The van der Waals surface area contributed by atoms with Crippen molar-refractivity contribution in [1.29, 1.82) is 0 Å². The Hall–Kier alpha value is -0.570. The maximum Gasteiger partial charge on any atom is 0.236 e. The number of nitrogens with one attached hydrogen (secondary N) is 1. The fourth-order valence-electron chi connectivity index (χ4n) is 1.70. The van der Waals surface area contributed by atoms with Crippen molar-refractivity contribution in [3.05, 3.63) is 0 Å². The molecule has 0 bridgehead atoms. The number of rotatable bonds is 2. The molecule has 1 saturated heterocycles. The molecule has 0 aromatic carbocycles. The molecule has 1 rings (SSSR count). The molecule has 0 radical (unpaired) electrons. The number of hydrogen-bond acceptors (Lipinski definition) is 2. The molecule has 0 spiro atoms. The van der Waals surface area contributed by atoms with Crippen LogP contribution in [0.15, 0.2) is 0 Å². The van der Waals surface area contributed by atoms with Crippen molar-refractivity contribution in [3.63, 3.8) is 0 Å². The Morgan fingerprint density at radius 1 is 1.58 bits per heavy atom. The van der Waals surface area contributed by atoms with Gasteiger partial charge in [-0.3, -0.25) is 4.79 Å². The molecule has 1 aliphatic heterocycles. The minimum Gasteiger partial charge on any atom is -0.339 e. The second-order valence-corrected chi connectivity index (χ2v) is 3.62. The third-order valence-electron chi connectivity index (χ3n) is 2.79. The van der Waals surface area contributed by atoms with Gasteiger partial charge in [0.05, 0.1) is 6.54 Å². The van der Waals surface area contributed by atoms with Crippen LogP contribution in [0.1, 0.15) is 20.3 Å². The van der Waals surface area contributed by atoms with Gasteiger partial charge in [-0.1, -0.05) is 6.92 Å². The molecule has 3 nitrogen and oxygen atoms in total. The summed E-state index contributed by atoms with van der Waals surface area (Å²) >= 11 is 0. The van der Waals surface area contributed by atoms with Gasteiger partial charge in [0.25, 0.3) is 0 Å². The molecule has 2 unspecified atom stereocenters. The van der Waals surface area contributed by atoms with Crippen LogP contribution < -0.4 is 5.32 Å². The summed E-state index contributed by atoms with van der Waals surface area (Å²) in [5, 5.41) is 2.89. The van der Waals surface area contributed by atoms with E-state index in [9.17, 15) is 4.79 Å². The topological polar surface area (TPSA) is 32.3 Å². The highest BCUT2D eigenvalue weighted by molar-refractivity contribution is 5.78. The van der Waals surface area contributed by atoms with Gasteiger partial charge in [0.15, 0.2) is 0 Å². The molecule has 1 amide bonds. The number of carbonyl (C=O) groups excluding carboxylic acids is 1. The lowest BCUT2D eigenvalue weighted by Gasteiger charge is -2.23. The van der Waals surface area contributed by atoms with E-state index in [1.807, 2.05) is 11.9 Å². The number of likely N-dealkylation sites (N-methyl/N-ethyl adjacent to an activating group) is 1. The van der Waals surface area contributed by atoms with E-state index in [2.05, 4.69) is 19.2 Å². The Labute approximate surface area is 74.1 Å². The standard InChI is InChI=1S/C9H18N2O/c1-7-4-5-11(8(7)2)9(12)6-10-3/h7-8,10H,4-6H2,1-3H3. The predicted octanol–water partition coefficient (Wildman–Crippen LogP) is 0.463. The summed E-state index contributed by atoms with van der Waals surface area (Å²) in [6.07, 6.45) is 1.15. The first kappa shape index (κ1) is 9.52. The number of amides is 1. The summed E-state index contributed by atoms with van der Waals surface area (Å²) in [6.45, 7) is 5.74. The van der Waals surface area contributed by atoms with E-state index in [1.54, 1.807) is 0 Å². The van der Waals surface area contributed by atoms with Crippen molar-refractivity contribution in [2.75, 3.05) is 20.1 Å². The summed E-state index contributed by atoms with van der Waals surface area (Å²) in [6, 6.07) is 0.422. The SMILES string of the molecule is CNCC(=O)N1CCC(C)C1C. The van der Waals surface area contributed by atoms with Crippen LogP contribution in [0.2, 0.25) is 0 Å². The molecule has 1 fully saturated rings. The summed E-state index contributed by atoms with van der Waals surface area (Å²) < 4.78 is 0. The second kappa shape index (κ2) is 3.90. The second-order valence-electron chi connectivity index (χ2n) is 3.62. The normalized spacial score (nSPS) is 29.4. The minimum absolute atomic E-state index is 0.231. The fourth-order valence-corrected chi connectivity index (χ4v) is 1.70. The molecule has 0 aliphatic carbocycles. The third kappa shape index (κ3) is 1.78. The van der Waals surface area contributed by atoms with Crippen molar-refractivity contribution in [3.8, 4) is 0 Å². The number of nitrogens with zero attached hydrogens (tertiary/aromatic N) is 1. The molecule has 70 valence electrons. The maximum absolute atomic E-state index is 11.5. The van der Waals surface area contributed by atoms with E-state index >= 15 is 0 Å². The van der Waals surface area contributed by atoms with Crippen LogP contribution in [0.3, 0.4) is 0 Å². The summed E-state index contributed by atoms with van der Waals surface area (Å²) in [5.41, 5.74) is 0. The van der Waals surface area contributed by atoms with Gasteiger partial charge in [0, 0.05) is 12.6 Å². The Bertz CT molecular complexity index is 170. The molecule has 3 heteroatoms. The van der Waals surface area contributed by atoms with Crippen LogP contribution in [-0.4, -0.2) is 37.0 Å². The zero-order valence-corrected chi connectivity index (χ0v) is 8.13. The van der Waals surface area contributed by atoms with Gasteiger partial charge in [-0.05, 0) is 26.3 Å². The maximum atomic E-state index is 11.5. The lowest BCUT2D eigenvalue weighted by Crippen LogP contribution is -2.40. The molecule has 0 aromatic heterocycles. The van der Waals surface area contributed by atoms with E-state index in [4.69, 9.17) is 0 Å². The zero-order valence-electron chi connectivity index (χ0n) is 8.13. The quantitative estimate of drug-likeness (QED) is 0.653. The van der Waals surface area contributed by atoms with Crippen molar-refractivity contribution >= 4 is 5.91 Å². The fraction of sp³-hybridized carbons (Fsp3) is 0.889. The van der Waals surface area contributed by atoms with Crippen LogP contribution >= 0.6 is 0 Å². The summed E-state index contributed by atoms with van der Waals surface area (Å²) in [4.78, 5) is 13.4. The minimum atomic E-state index is 0.231. The Kier molecular flexibility index (Phi) is 3.09. The molecule has 2 atom stereocenters. The first-order chi connectivity index (χ1) is 5.66. The van der Waals surface area contributed by atoms with Gasteiger partial charge in [-0.2, -0.15) is 0 Å². The average molecular weight is 170 g/mol. The smallest absolute Gasteiger partial charge is 0.236 e. The van der Waals surface area contributed by atoms with Gasteiger partial charge in [-0.25, -0.2) is 0 Å². The molecule has 1 heterocycles. The monoisotopic (exact) mass is 170 g/mol. The first-order valence-electron chi connectivity index (χ1n) is 4.61.